The number of hydrogen-bond acceptors (Lipinski definition) is 5. The van der Waals surface area contributed by atoms with Crippen LogP contribution < -0.4 is 0 Å². The summed E-state index contributed by atoms with van der Waals surface area (Å²) in [6.07, 6.45) is 3.11. The minimum absolute atomic E-state index is 0.212. The Kier molecular flexibility index (Phi) is 4.70. The maximum atomic E-state index is 12.8. The van der Waals surface area contributed by atoms with Gasteiger partial charge in [-0.05, 0) is 42.5 Å². The molecule has 1 aromatic rings. The third-order valence-electron chi connectivity index (χ3n) is 4.62. The van der Waals surface area contributed by atoms with Crippen molar-refractivity contribution in [3.05, 3.63) is 29.3 Å². The number of carbonyl (C=O) groups is 1. The fraction of sp³-hybridized carbons (Fsp3) is 0.562. The van der Waals surface area contributed by atoms with Crippen LogP contribution in [0.3, 0.4) is 0 Å². The lowest BCUT2D eigenvalue weighted by atomic mass is 10.1. The summed E-state index contributed by atoms with van der Waals surface area (Å²) in [5.74, 6) is -0.292. The van der Waals surface area contributed by atoms with Gasteiger partial charge in [0.1, 0.15) is 0 Å². The first-order valence-electron chi connectivity index (χ1n) is 7.92. The number of piperazine rings is 1. The van der Waals surface area contributed by atoms with E-state index in [1.165, 1.54) is 17.0 Å². The van der Waals surface area contributed by atoms with Gasteiger partial charge in [-0.2, -0.15) is 4.31 Å². The predicted molar refractivity (Wildman–Crippen MR) is 85.7 cm³/mol. The molecule has 1 heterocycles. The van der Waals surface area contributed by atoms with Crippen LogP contribution in [-0.4, -0.2) is 63.4 Å². The fourth-order valence-corrected chi connectivity index (χ4v) is 4.71. The highest BCUT2D eigenvalue weighted by atomic mass is 32.2. The van der Waals surface area contributed by atoms with Gasteiger partial charge in [0.2, 0.25) is 10.0 Å². The third kappa shape index (κ3) is 3.41. The molecule has 0 radical (unpaired) electrons. The highest BCUT2D eigenvalue weighted by Crippen LogP contribution is 2.26. The van der Waals surface area contributed by atoms with E-state index >= 15 is 0 Å². The minimum Gasteiger partial charge on any atom is -0.468 e. The van der Waals surface area contributed by atoms with Gasteiger partial charge < -0.3 is 4.74 Å². The van der Waals surface area contributed by atoms with Crippen molar-refractivity contribution in [1.82, 2.24) is 9.21 Å². The van der Waals surface area contributed by atoms with Crippen molar-refractivity contribution >= 4 is 16.0 Å². The Bertz CT molecular complexity index is 694. The van der Waals surface area contributed by atoms with E-state index in [4.69, 9.17) is 0 Å². The first kappa shape index (κ1) is 16.4. The summed E-state index contributed by atoms with van der Waals surface area (Å²) in [6, 6.07) is 5.50. The second-order valence-corrected chi connectivity index (χ2v) is 7.98. The van der Waals surface area contributed by atoms with Crippen molar-refractivity contribution in [3.8, 4) is 0 Å². The van der Waals surface area contributed by atoms with E-state index in [1.54, 1.807) is 6.07 Å². The van der Waals surface area contributed by atoms with Crippen LogP contribution in [0.25, 0.3) is 0 Å². The summed E-state index contributed by atoms with van der Waals surface area (Å²) < 4.78 is 31.7. The summed E-state index contributed by atoms with van der Waals surface area (Å²) in [4.78, 5) is 13.6. The molecule has 0 atom stereocenters. The summed E-state index contributed by atoms with van der Waals surface area (Å²) in [5, 5.41) is 0. The monoisotopic (exact) mass is 338 g/mol. The van der Waals surface area contributed by atoms with Gasteiger partial charge in [-0.1, -0.05) is 6.07 Å². The summed E-state index contributed by atoms with van der Waals surface area (Å²) >= 11 is 0. The molecule has 0 amide bonds. The molecule has 7 heteroatoms. The number of rotatable bonds is 4. The Hall–Kier alpha value is -1.44. The van der Waals surface area contributed by atoms with Crippen molar-refractivity contribution in [2.45, 2.75) is 24.2 Å². The standard InChI is InChI=1S/C16H22N2O4S/c1-22-16(19)12-17-7-9-18(10-8-17)23(20,21)15-6-5-13-3-2-4-14(13)11-15/h5-6,11H,2-4,7-10,12H2,1H3. The smallest absolute Gasteiger partial charge is 0.319 e. The maximum Gasteiger partial charge on any atom is 0.319 e. The van der Waals surface area contributed by atoms with Gasteiger partial charge in [-0.15, -0.1) is 0 Å². The number of carbonyl (C=O) groups excluding carboxylic acids is 1. The van der Waals surface area contributed by atoms with Crippen molar-refractivity contribution in [2.75, 3.05) is 39.8 Å². The molecule has 23 heavy (non-hydrogen) atoms. The van der Waals surface area contributed by atoms with E-state index < -0.39 is 10.0 Å². The lowest BCUT2D eigenvalue weighted by molar-refractivity contribution is -0.142. The van der Waals surface area contributed by atoms with Gasteiger partial charge in [0, 0.05) is 26.2 Å². The van der Waals surface area contributed by atoms with E-state index in [0.29, 0.717) is 31.1 Å². The maximum absolute atomic E-state index is 12.8. The van der Waals surface area contributed by atoms with E-state index in [9.17, 15) is 13.2 Å². The molecule has 6 nitrogen and oxygen atoms in total. The fourth-order valence-electron chi connectivity index (χ4n) is 3.23. The Labute approximate surface area is 137 Å². The zero-order chi connectivity index (χ0) is 16.4. The van der Waals surface area contributed by atoms with Crippen LogP contribution in [-0.2, 0) is 32.4 Å². The number of esters is 1. The molecule has 3 rings (SSSR count). The largest absolute Gasteiger partial charge is 0.468 e. The SMILES string of the molecule is COC(=O)CN1CCN(S(=O)(=O)c2ccc3c(c2)CCC3)CC1. The third-order valence-corrected chi connectivity index (χ3v) is 6.51. The number of methoxy groups -OCH3 is 1. The number of fused-ring (bicyclic) bond motifs is 1. The van der Waals surface area contributed by atoms with Crippen LogP contribution in [0.2, 0.25) is 0 Å². The Balaban J connectivity index is 1.68. The molecule has 0 aromatic heterocycles. The quantitative estimate of drug-likeness (QED) is 0.755. The highest BCUT2D eigenvalue weighted by Gasteiger charge is 2.29. The molecule has 1 aromatic carbocycles. The van der Waals surface area contributed by atoms with Crippen LogP contribution >= 0.6 is 0 Å². The summed E-state index contributed by atoms with van der Waals surface area (Å²) in [6.45, 7) is 2.09. The van der Waals surface area contributed by atoms with E-state index in [2.05, 4.69) is 4.74 Å². The zero-order valence-corrected chi connectivity index (χ0v) is 14.1. The molecule has 0 saturated carbocycles. The Morgan fingerprint density at radius 2 is 1.83 bits per heavy atom. The Morgan fingerprint density at radius 1 is 1.13 bits per heavy atom. The van der Waals surface area contributed by atoms with Gasteiger partial charge in [0.05, 0.1) is 18.6 Å². The molecular weight excluding hydrogens is 316 g/mol. The topological polar surface area (TPSA) is 66.9 Å². The average molecular weight is 338 g/mol. The number of aryl methyl sites for hydroxylation is 2. The van der Waals surface area contributed by atoms with Crippen molar-refractivity contribution in [3.63, 3.8) is 0 Å². The summed E-state index contributed by atoms with van der Waals surface area (Å²) in [5.41, 5.74) is 2.43. The second-order valence-electron chi connectivity index (χ2n) is 6.04. The lowest BCUT2D eigenvalue weighted by Gasteiger charge is -2.33. The van der Waals surface area contributed by atoms with Crippen LogP contribution in [0.1, 0.15) is 17.5 Å². The molecule has 1 fully saturated rings. The average Bonchev–Trinajstić information content (AvgIpc) is 3.02. The van der Waals surface area contributed by atoms with Crippen LogP contribution in [0.15, 0.2) is 23.1 Å². The van der Waals surface area contributed by atoms with Gasteiger partial charge in [0.25, 0.3) is 0 Å². The normalized spacial score (nSPS) is 19.5. The molecule has 0 bridgehead atoms. The number of sulfonamides is 1. The Morgan fingerprint density at radius 3 is 2.52 bits per heavy atom. The van der Waals surface area contributed by atoms with E-state index in [1.807, 2.05) is 17.0 Å². The van der Waals surface area contributed by atoms with Crippen LogP contribution in [0, 0.1) is 0 Å². The number of ether oxygens (including phenoxy) is 1. The first-order chi connectivity index (χ1) is 11.0. The molecule has 1 aliphatic carbocycles. The number of hydrogen-bond donors (Lipinski definition) is 0. The zero-order valence-electron chi connectivity index (χ0n) is 13.3. The van der Waals surface area contributed by atoms with Gasteiger partial charge >= 0.3 is 5.97 Å². The second kappa shape index (κ2) is 6.59. The molecule has 1 aliphatic heterocycles. The molecule has 126 valence electrons. The number of benzene rings is 1. The van der Waals surface area contributed by atoms with Crippen LogP contribution in [0.4, 0.5) is 0 Å². The highest BCUT2D eigenvalue weighted by molar-refractivity contribution is 7.89. The molecule has 1 saturated heterocycles. The van der Waals surface area contributed by atoms with Gasteiger partial charge in [-0.25, -0.2) is 8.42 Å². The van der Waals surface area contributed by atoms with Crippen LogP contribution in [0.5, 0.6) is 0 Å². The van der Waals surface area contributed by atoms with E-state index in [0.717, 1.165) is 24.8 Å². The minimum atomic E-state index is -3.45. The molecule has 0 spiro atoms. The predicted octanol–water partition coefficient (Wildman–Crippen LogP) is 0.655. The summed E-state index contributed by atoms with van der Waals surface area (Å²) in [7, 11) is -2.09. The van der Waals surface area contributed by atoms with Gasteiger partial charge in [-0.3, -0.25) is 9.69 Å². The molecular formula is C16H22N2O4S. The van der Waals surface area contributed by atoms with Crippen molar-refractivity contribution < 1.29 is 17.9 Å². The molecule has 2 aliphatic rings. The van der Waals surface area contributed by atoms with Crippen molar-refractivity contribution in [1.29, 1.82) is 0 Å². The van der Waals surface area contributed by atoms with E-state index in [-0.39, 0.29) is 12.5 Å². The lowest BCUT2D eigenvalue weighted by Crippen LogP contribution is -2.49. The molecule has 0 unspecified atom stereocenters. The van der Waals surface area contributed by atoms with Crippen molar-refractivity contribution in [2.24, 2.45) is 0 Å². The first-order valence-corrected chi connectivity index (χ1v) is 9.36. The molecule has 0 N–H and O–H groups in total. The van der Waals surface area contributed by atoms with Gasteiger partial charge in [0.15, 0.2) is 0 Å². The number of nitrogens with zero attached hydrogens (tertiary/aromatic N) is 2.